The van der Waals surface area contributed by atoms with Gasteiger partial charge >= 0.3 is 5.97 Å². The number of carbonyl (C=O) groups excluding carboxylic acids is 2. The first-order chi connectivity index (χ1) is 12.2. The van der Waals surface area contributed by atoms with E-state index in [1.807, 2.05) is 0 Å². The van der Waals surface area contributed by atoms with Crippen molar-refractivity contribution in [3.05, 3.63) is 22.1 Å². The first-order valence-corrected chi connectivity index (χ1v) is 10.8. The third kappa shape index (κ3) is 5.56. The lowest BCUT2D eigenvalue weighted by Crippen LogP contribution is -2.42. The molecule has 1 aliphatic rings. The summed E-state index contributed by atoms with van der Waals surface area (Å²) in [7, 11) is -1.84. The van der Waals surface area contributed by atoms with E-state index in [0.29, 0.717) is 13.0 Å². The molecule has 1 atom stereocenters. The number of amides is 1. The maximum atomic E-state index is 12.5. The van der Waals surface area contributed by atoms with Gasteiger partial charge in [-0.05, 0) is 13.3 Å². The van der Waals surface area contributed by atoms with E-state index in [1.54, 1.807) is 11.8 Å². The van der Waals surface area contributed by atoms with Gasteiger partial charge in [0, 0.05) is 18.7 Å². The average molecular weight is 403 g/mol. The monoisotopic (exact) mass is 403 g/mol. The van der Waals surface area contributed by atoms with Crippen LogP contribution in [0.2, 0.25) is 0 Å². The van der Waals surface area contributed by atoms with E-state index < -0.39 is 21.4 Å². The summed E-state index contributed by atoms with van der Waals surface area (Å²) in [5.74, 6) is -0.648. The number of sulfone groups is 1. The summed E-state index contributed by atoms with van der Waals surface area (Å²) in [4.78, 5) is 43.6. The van der Waals surface area contributed by atoms with E-state index in [-0.39, 0.29) is 46.5 Å². The van der Waals surface area contributed by atoms with Gasteiger partial charge in [-0.1, -0.05) is 11.8 Å². The number of aromatic nitrogens is 2. The molecule has 0 aliphatic carbocycles. The lowest BCUT2D eigenvalue weighted by Gasteiger charge is -2.26. The van der Waals surface area contributed by atoms with Crippen LogP contribution in [0.1, 0.15) is 19.0 Å². The van der Waals surface area contributed by atoms with Crippen LogP contribution in [0.15, 0.2) is 16.0 Å². The lowest BCUT2D eigenvalue weighted by atomic mass is 10.2. The van der Waals surface area contributed by atoms with E-state index in [2.05, 4.69) is 14.7 Å². The predicted molar refractivity (Wildman–Crippen MR) is 95.7 cm³/mol. The molecule has 1 aromatic rings. The van der Waals surface area contributed by atoms with Crippen molar-refractivity contribution in [3.63, 3.8) is 0 Å². The van der Waals surface area contributed by atoms with Crippen molar-refractivity contribution < 1.29 is 22.7 Å². The van der Waals surface area contributed by atoms with Gasteiger partial charge in [0.1, 0.15) is 0 Å². The lowest BCUT2D eigenvalue weighted by molar-refractivity contribution is -0.139. The highest BCUT2D eigenvalue weighted by Gasteiger charge is 2.33. The number of thioether (sulfide) groups is 1. The minimum Gasteiger partial charge on any atom is -0.469 e. The number of H-pyrrole nitrogens is 1. The molecule has 0 radical (unpaired) electrons. The molecule has 0 bridgehead atoms. The van der Waals surface area contributed by atoms with Gasteiger partial charge in [-0.2, -0.15) is 0 Å². The molecule has 2 heterocycles. The van der Waals surface area contributed by atoms with E-state index in [1.165, 1.54) is 13.2 Å². The van der Waals surface area contributed by atoms with Crippen molar-refractivity contribution in [1.29, 1.82) is 0 Å². The fourth-order valence-electron chi connectivity index (χ4n) is 2.73. The molecule has 144 valence electrons. The Morgan fingerprint density at radius 3 is 2.77 bits per heavy atom. The van der Waals surface area contributed by atoms with Gasteiger partial charge in [0.05, 0.1) is 36.5 Å². The molecule has 1 aromatic heterocycles. The summed E-state index contributed by atoms with van der Waals surface area (Å²) in [5, 5.41) is 0.222. The van der Waals surface area contributed by atoms with Gasteiger partial charge in [-0.3, -0.25) is 14.4 Å². The quantitative estimate of drug-likeness (QED) is 0.371. The van der Waals surface area contributed by atoms with Crippen LogP contribution in [0.25, 0.3) is 0 Å². The molecule has 9 nitrogen and oxygen atoms in total. The summed E-state index contributed by atoms with van der Waals surface area (Å²) in [5.41, 5.74) is -0.173. The Labute approximate surface area is 155 Å². The summed E-state index contributed by atoms with van der Waals surface area (Å²) in [6.45, 7) is 2.20. The number of aromatic amines is 1. The zero-order valence-corrected chi connectivity index (χ0v) is 16.2. The molecule has 0 saturated carbocycles. The molecular weight excluding hydrogens is 382 g/mol. The molecule has 1 aliphatic heterocycles. The van der Waals surface area contributed by atoms with Crippen molar-refractivity contribution in [2.45, 2.75) is 31.0 Å². The van der Waals surface area contributed by atoms with E-state index in [4.69, 9.17) is 0 Å². The highest BCUT2D eigenvalue weighted by molar-refractivity contribution is 7.99. The van der Waals surface area contributed by atoms with Crippen LogP contribution in [-0.4, -0.2) is 72.1 Å². The number of ether oxygens (including phenoxy) is 1. The fourth-order valence-corrected chi connectivity index (χ4v) is 5.25. The van der Waals surface area contributed by atoms with Crippen LogP contribution in [0.5, 0.6) is 0 Å². The summed E-state index contributed by atoms with van der Waals surface area (Å²) >= 11 is 1.03. The molecular formula is C15H21N3O6S2. The van der Waals surface area contributed by atoms with Crippen LogP contribution in [0.3, 0.4) is 0 Å². The zero-order chi connectivity index (χ0) is 19.3. The van der Waals surface area contributed by atoms with Gasteiger partial charge < -0.3 is 14.6 Å². The van der Waals surface area contributed by atoms with Gasteiger partial charge in [-0.25, -0.2) is 13.4 Å². The molecule has 0 aromatic carbocycles. The molecule has 0 unspecified atom stereocenters. The number of carbonyl (C=O) groups is 2. The Morgan fingerprint density at radius 1 is 1.46 bits per heavy atom. The van der Waals surface area contributed by atoms with Crippen LogP contribution in [-0.2, 0) is 30.6 Å². The molecule has 0 spiro atoms. The molecule has 26 heavy (non-hydrogen) atoms. The third-order valence-corrected chi connectivity index (χ3v) is 6.58. The third-order valence-electron chi connectivity index (χ3n) is 3.97. The highest BCUT2D eigenvalue weighted by atomic mass is 32.2. The summed E-state index contributed by atoms with van der Waals surface area (Å²) < 4.78 is 27.8. The largest absolute Gasteiger partial charge is 0.469 e. The molecule has 2 rings (SSSR count). The number of rotatable bonds is 7. The summed E-state index contributed by atoms with van der Waals surface area (Å²) in [6.07, 6.45) is 0.305. The van der Waals surface area contributed by atoms with Crippen molar-refractivity contribution in [2.75, 3.05) is 30.9 Å². The SMILES string of the molecule is CCN(C(=O)CSc1nc(CC(=O)OC)cc(=O)[nH]1)[C@H]1CCS(=O)(=O)C1. The van der Waals surface area contributed by atoms with Gasteiger partial charge in [0.15, 0.2) is 15.0 Å². The second kappa shape index (κ2) is 8.67. The fraction of sp³-hybridized carbons (Fsp3) is 0.600. The average Bonchev–Trinajstić information content (AvgIpc) is 2.92. The van der Waals surface area contributed by atoms with Gasteiger partial charge in [0.2, 0.25) is 5.91 Å². The maximum Gasteiger partial charge on any atom is 0.311 e. The number of nitrogens with one attached hydrogen (secondary N) is 1. The first-order valence-electron chi connectivity index (χ1n) is 8.04. The van der Waals surface area contributed by atoms with E-state index in [9.17, 15) is 22.8 Å². The minimum absolute atomic E-state index is 0.00893. The Morgan fingerprint density at radius 2 is 2.19 bits per heavy atom. The Hall–Kier alpha value is -1.88. The molecule has 1 amide bonds. The minimum atomic E-state index is -3.08. The van der Waals surface area contributed by atoms with Crippen molar-refractivity contribution in [3.8, 4) is 0 Å². The second-order valence-corrected chi connectivity index (χ2v) is 9.01. The van der Waals surface area contributed by atoms with Crippen molar-refractivity contribution in [1.82, 2.24) is 14.9 Å². The van der Waals surface area contributed by atoms with Gasteiger partial charge in [-0.15, -0.1) is 0 Å². The number of esters is 1. The molecule has 11 heteroatoms. The summed E-state index contributed by atoms with van der Waals surface area (Å²) in [6, 6.07) is 0.889. The first kappa shape index (κ1) is 20.4. The Balaban J connectivity index is 2.02. The van der Waals surface area contributed by atoms with Crippen LogP contribution >= 0.6 is 11.8 Å². The predicted octanol–water partition coefficient (Wildman–Crippen LogP) is -0.387. The number of methoxy groups -OCH3 is 1. The van der Waals surface area contributed by atoms with Crippen molar-refractivity contribution in [2.24, 2.45) is 0 Å². The molecule has 1 saturated heterocycles. The molecule has 1 N–H and O–H groups in total. The topological polar surface area (TPSA) is 126 Å². The number of nitrogens with zero attached hydrogens (tertiary/aromatic N) is 2. The normalized spacial score (nSPS) is 18.5. The zero-order valence-electron chi connectivity index (χ0n) is 14.6. The standard InChI is InChI=1S/C15H21N3O6S2/c1-3-18(11-4-5-26(22,23)9-11)13(20)8-25-15-16-10(6-12(19)17-15)7-14(21)24-2/h6,11H,3-5,7-9H2,1-2H3,(H,16,17,19)/t11-/m0/s1. The Kier molecular flexibility index (Phi) is 6.81. The maximum absolute atomic E-state index is 12.5. The van der Waals surface area contributed by atoms with Crippen LogP contribution < -0.4 is 5.56 Å². The van der Waals surface area contributed by atoms with E-state index >= 15 is 0 Å². The van der Waals surface area contributed by atoms with Crippen molar-refractivity contribution >= 4 is 33.5 Å². The highest BCUT2D eigenvalue weighted by Crippen LogP contribution is 2.20. The second-order valence-electron chi connectivity index (χ2n) is 5.82. The van der Waals surface area contributed by atoms with Gasteiger partial charge in [0.25, 0.3) is 5.56 Å². The molecule has 1 fully saturated rings. The van der Waals surface area contributed by atoms with E-state index in [0.717, 1.165) is 11.8 Å². The van der Waals surface area contributed by atoms with Crippen LogP contribution in [0, 0.1) is 0 Å². The van der Waals surface area contributed by atoms with Crippen LogP contribution in [0.4, 0.5) is 0 Å². The Bertz CT molecular complexity index is 836. The number of hydrogen-bond donors (Lipinski definition) is 1. The number of hydrogen-bond acceptors (Lipinski definition) is 8. The smallest absolute Gasteiger partial charge is 0.311 e.